The minimum absolute atomic E-state index is 0.128. The van der Waals surface area contributed by atoms with Crippen LogP contribution in [0.4, 0.5) is 5.69 Å². The standard InChI is InChI=1S/C23H28N2O2/c1-15-12-16(2)20(17(3)13-15)24-21(26)23(4,5)22(27)25-11-10-18-8-6-7-9-19(18)14-25/h6-9,12-13H,10-11,14H2,1-5H3,(H,24,26). The Morgan fingerprint density at radius 1 is 1.00 bits per heavy atom. The van der Waals surface area contributed by atoms with E-state index in [1.165, 1.54) is 11.1 Å². The summed E-state index contributed by atoms with van der Waals surface area (Å²) in [6.45, 7) is 10.6. The lowest BCUT2D eigenvalue weighted by atomic mass is 9.88. The van der Waals surface area contributed by atoms with Gasteiger partial charge in [0.15, 0.2) is 0 Å². The summed E-state index contributed by atoms with van der Waals surface area (Å²) in [6, 6.07) is 12.3. The number of carbonyl (C=O) groups is 2. The van der Waals surface area contributed by atoms with Gasteiger partial charge >= 0.3 is 0 Å². The highest BCUT2D eigenvalue weighted by Gasteiger charge is 2.40. The lowest BCUT2D eigenvalue weighted by molar-refractivity contribution is -0.147. The fourth-order valence-corrected chi connectivity index (χ4v) is 3.81. The van der Waals surface area contributed by atoms with Crippen molar-refractivity contribution in [2.45, 2.75) is 47.6 Å². The van der Waals surface area contributed by atoms with Crippen LogP contribution in [0.3, 0.4) is 0 Å². The van der Waals surface area contributed by atoms with Crippen LogP contribution in [0.5, 0.6) is 0 Å². The molecule has 2 aromatic carbocycles. The van der Waals surface area contributed by atoms with E-state index in [4.69, 9.17) is 0 Å². The summed E-state index contributed by atoms with van der Waals surface area (Å²) in [7, 11) is 0. The van der Waals surface area contributed by atoms with Gasteiger partial charge < -0.3 is 10.2 Å². The maximum atomic E-state index is 13.2. The molecule has 1 aliphatic heterocycles. The van der Waals surface area contributed by atoms with Gasteiger partial charge in [0.1, 0.15) is 5.41 Å². The molecule has 0 atom stereocenters. The SMILES string of the molecule is Cc1cc(C)c(NC(=O)C(C)(C)C(=O)N2CCc3ccccc3C2)c(C)c1. The average Bonchev–Trinajstić information content (AvgIpc) is 2.63. The van der Waals surface area contributed by atoms with Gasteiger partial charge in [-0.1, -0.05) is 42.0 Å². The number of benzene rings is 2. The van der Waals surface area contributed by atoms with Crippen LogP contribution < -0.4 is 5.32 Å². The third-order valence-corrected chi connectivity index (χ3v) is 5.44. The number of hydrogen-bond donors (Lipinski definition) is 1. The molecule has 4 heteroatoms. The summed E-state index contributed by atoms with van der Waals surface area (Å²) < 4.78 is 0. The summed E-state index contributed by atoms with van der Waals surface area (Å²) in [5.74, 6) is -0.390. The molecule has 2 amide bonds. The molecule has 27 heavy (non-hydrogen) atoms. The predicted octanol–water partition coefficient (Wildman–Crippen LogP) is 4.16. The molecule has 0 fully saturated rings. The van der Waals surface area contributed by atoms with Crippen LogP contribution in [-0.2, 0) is 22.6 Å². The highest BCUT2D eigenvalue weighted by Crippen LogP contribution is 2.28. The highest BCUT2D eigenvalue weighted by molar-refractivity contribution is 6.10. The molecule has 1 N–H and O–H groups in total. The lowest BCUT2D eigenvalue weighted by Crippen LogP contribution is -2.48. The van der Waals surface area contributed by atoms with Crippen molar-refractivity contribution in [3.63, 3.8) is 0 Å². The lowest BCUT2D eigenvalue weighted by Gasteiger charge is -2.34. The molecule has 1 aliphatic rings. The summed E-state index contributed by atoms with van der Waals surface area (Å²) in [5.41, 5.74) is 5.30. The van der Waals surface area contributed by atoms with Crippen molar-refractivity contribution >= 4 is 17.5 Å². The Hall–Kier alpha value is -2.62. The molecule has 0 bridgehead atoms. The molecule has 4 nitrogen and oxygen atoms in total. The fourth-order valence-electron chi connectivity index (χ4n) is 3.81. The number of nitrogens with zero attached hydrogens (tertiary/aromatic N) is 1. The number of nitrogens with one attached hydrogen (secondary N) is 1. The number of hydrogen-bond acceptors (Lipinski definition) is 2. The molecule has 142 valence electrons. The zero-order valence-electron chi connectivity index (χ0n) is 16.8. The highest BCUT2D eigenvalue weighted by atomic mass is 16.2. The van der Waals surface area contributed by atoms with Gasteiger partial charge in [-0.15, -0.1) is 0 Å². The van der Waals surface area contributed by atoms with Gasteiger partial charge in [-0.3, -0.25) is 9.59 Å². The first kappa shape index (κ1) is 19.2. The molecule has 0 aliphatic carbocycles. The molecular formula is C23H28N2O2. The molecule has 0 radical (unpaired) electrons. The first-order chi connectivity index (χ1) is 12.7. The topological polar surface area (TPSA) is 49.4 Å². The zero-order valence-corrected chi connectivity index (χ0v) is 16.8. The minimum Gasteiger partial charge on any atom is -0.337 e. The quantitative estimate of drug-likeness (QED) is 0.832. The van der Waals surface area contributed by atoms with E-state index in [1.807, 2.05) is 45.0 Å². The largest absolute Gasteiger partial charge is 0.337 e. The second kappa shape index (κ2) is 7.18. The van der Waals surface area contributed by atoms with Gasteiger partial charge in [0.05, 0.1) is 0 Å². The van der Waals surface area contributed by atoms with Crippen molar-refractivity contribution in [3.05, 3.63) is 64.2 Å². The number of carbonyl (C=O) groups excluding carboxylic acids is 2. The third kappa shape index (κ3) is 3.75. The number of amides is 2. The summed E-state index contributed by atoms with van der Waals surface area (Å²) >= 11 is 0. The normalized spacial score (nSPS) is 13.9. The van der Waals surface area contributed by atoms with E-state index < -0.39 is 5.41 Å². The Balaban J connectivity index is 1.78. The van der Waals surface area contributed by atoms with Crippen LogP contribution in [-0.4, -0.2) is 23.3 Å². The van der Waals surface area contributed by atoms with Crippen molar-refractivity contribution in [1.82, 2.24) is 4.90 Å². The molecule has 0 saturated carbocycles. The van der Waals surface area contributed by atoms with E-state index in [0.717, 1.165) is 28.8 Å². The van der Waals surface area contributed by atoms with Crippen molar-refractivity contribution in [3.8, 4) is 0 Å². The van der Waals surface area contributed by atoms with Crippen molar-refractivity contribution < 1.29 is 9.59 Å². The van der Waals surface area contributed by atoms with Crippen LogP contribution in [0.2, 0.25) is 0 Å². The molecule has 2 aromatic rings. The second-order valence-corrected chi connectivity index (χ2v) is 8.10. The van der Waals surface area contributed by atoms with E-state index in [2.05, 4.69) is 17.4 Å². The Morgan fingerprint density at radius 2 is 1.59 bits per heavy atom. The molecule has 1 heterocycles. The maximum Gasteiger partial charge on any atom is 0.239 e. The van der Waals surface area contributed by atoms with Gasteiger partial charge in [0, 0.05) is 18.8 Å². The molecule has 0 saturated heterocycles. The van der Waals surface area contributed by atoms with Gasteiger partial charge in [-0.2, -0.15) is 0 Å². The first-order valence-corrected chi connectivity index (χ1v) is 9.45. The molecule has 0 unspecified atom stereocenters. The first-order valence-electron chi connectivity index (χ1n) is 9.45. The van der Waals surface area contributed by atoms with Crippen molar-refractivity contribution in [2.75, 3.05) is 11.9 Å². The van der Waals surface area contributed by atoms with Crippen molar-refractivity contribution in [2.24, 2.45) is 5.41 Å². The Morgan fingerprint density at radius 3 is 2.22 bits per heavy atom. The predicted molar refractivity (Wildman–Crippen MR) is 109 cm³/mol. The Labute approximate surface area is 161 Å². The van der Waals surface area contributed by atoms with Gasteiger partial charge in [-0.25, -0.2) is 0 Å². The minimum atomic E-state index is -1.13. The number of fused-ring (bicyclic) bond motifs is 1. The summed E-state index contributed by atoms with van der Waals surface area (Å²) in [4.78, 5) is 27.9. The Kier molecular flexibility index (Phi) is 5.09. The Bertz CT molecular complexity index is 876. The average molecular weight is 364 g/mol. The van der Waals surface area contributed by atoms with E-state index in [0.29, 0.717) is 13.1 Å². The molecule has 0 aromatic heterocycles. The summed E-state index contributed by atoms with van der Waals surface area (Å²) in [5, 5.41) is 3.00. The number of aryl methyl sites for hydroxylation is 3. The van der Waals surface area contributed by atoms with E-state index in [9.17, 15) is 9.59 Å². The van der Waals surface area contributed by atoms with Crippen molar-refractivity contribution in [1.29, 1.82) is 0 Å². The van der Waals surface area contributed by atoms with Crippen LogP contribution >= 0.6 is 0 Å². The molecule has 0 spiro atoms. The summed E-state index contributed by atoms with van der Waals surface area (Å²) in [6.07, 6.45) is 0.829. The maximum absolute atomic E-state index is 13.2. The smallest absolute Gasteiger partial charge is 0.239 e. The third-order valence-electron chi connectivity index (χ3n) is 5.44. The van der Waals surface area contributed by atoms with Gasteiger partial charge in [-0.05, 0) is 63.3 Å². The van der Waals surface area contributed by atoms with Crippen LogP contribution in [0.15, 0.2) is 36.4 Å². The number of rotatable bonds is 3. The van der Waals surface area contributed by atoms with E-state index >= 15 is 0 Å². The van der Waals surface area contributed by atoms with Gasteiger partial charge in [0.2, 0.25) is 11.8 Å². The van der Waals surface area contributed by atoms with E-state index in [-0.39, 0.29) is 11.8 Å². The number of anilines is 1. The molecule has 3 rings (SSSR count). The van der Waals surface area contributed by atoms with Crippen LogP contribution in [0, 0.1) is 26.2 Å². The molecular weight excluding hydrogens is 336 g/mol. The zero-order chi connectivity index (χ0) is 19.8. The van der Waals surface area contributed by atoms with E-state index in [1.54, 1.807) is 18.7 Å². The second-order valence-electron chi connectivity index (χ2n) is 8.10. The monoisotopic (exact) mass is 364 g/mol. The van der Waals surface area contributed by atoms with Crippen LogP contribution in [0.25, 0.3) is 0 Å². The fraction of sp³-hybridized carbons (Fsp3) is 0.391. The van der Waals surface area contributed by atoms with Gasteiger partial charge in [0.25, 0.3) is 0 Å². The van der Waals surface area contributed by atoms with Crippen LogP contribution in [0.1, 0.15) is 41.7 Å².